The minimum absolute atomic E-state index is 0. The van der Waals surface area contributed by atoms with Crippen LogP contribution in [0.25, 0.3) is 0 Å². The van der Waals surface area contributed by atoms with Crippen molar-refractivity contribution >= 4 is 35.9 Å². The molecule has 2 heterocycles. The van der Waals surface area contributed by atoms with Crippen molar-refractivity contribution < 1.29 is 14.1 Å². The first kappa shape index (κ1) is 19.7. The fourth-order valence-electron chi connectivity index (χ4n) is 2.55. The molecule has 23 heavy (non-hydrogen) atoms. The van der Waals surface area contributed by atoms with Crippen LogP contribution in [0.15, 0.2) is 9.52 Å². The molecule has 0 amide bonds. The summed E-state index contributed by atoms with van der Waals surface area (Å²) in [6, 6.07) is 0. The molecule has 1 saturated heterocycles. The van der Waals surface area contributed by atoms with Crippen molar-refractivity contribution in [3.8, 4) is 0 Å². The van der Waals surface area contributed by atoms with Crippen LogP contribution in [0.4, 0.5) is 0 Å². The summed E-state index contributed by atoms with van der Waals surface area (Å²) in [5.74, 6) is 1.98. The SMILES string of the molecule is CN=C(NCCc1nc(C)no1)N1CCC(C(=O)OC)CC1.I. The van der Waals surface area contributed by atoms with E-state index in [1.54, 1.807) is 14.0 Å². The molecule has 1 aromatic heterocycles. The van der Waals surface area contributed by atoms with Gasteiger partial charge in [-0.2, -0.15) is 4.98 Å². The van der Waals surface area contributed by atoms with E-state index in [0.29, 0.717) is 24.7 Å². The van der Waals surface area contributed by atoms with Gasteiger partial charge in [0.25, 0.3) is 0 Å². The third-order valence-electron chi connectivity index (χ3n) is 3.73. The van der Waals surface area contributed by atoms with Crippen LogP contribution >= 0.6 is 24.0 Å². The van der Waals surface area contributed by atoms with Crippen molar-refractivity contribution in [3.05, 3.63) is 11.7 Å². The number of hydrogen-bond acceptors (Lipinski definition) is 6. The summed E-state index contributed by atoms with van der Waals surface area (Å²) in [4.78, 5) is 22.1. The molecule has 9 heteroatoms. The van der Waals surface area contributed by atoms with E-state index in [1.165, 1.54) is 7.11 Å². The van der Waals surface area contributed by atoms with Gasteiger partial charge in [0, 0.05) is 33.1 Å². The minimum Gasteiger partial charge on any atom is -0.469 e. The highest BCUT2D eigenvalue weighted by molar-refractivity contribution is 14.0. The zero-order valence-corrected chi connectivity index (χ0v) is 16.1. The monoisotopic (exact) mass is 437 g/mol. The van der Waals surface area contributed by atoms with Crippen LogP contribution in [0, 0.1) is 12.8 Å². The highest BCUT2D eigenvalue weighted by atomic mass is 127. The molecule has 0 saturated carbocycles. The number of guanidine groups is 1. The van der Waals surface area contributed by atoms with E-state index in [4.69, 9.17) is 9.26 Å². The summed E-state index contributed by atoms with van der Waals surface area (Å²) >= 11 is 0. The van der Waals surface area contributed by atoms with Crippen molar-refractivity contribution in [1.82, 2.24) is 20.4 Å². The molecule has 0 unspecified atom stereocenters. The minimum atomic E-state index is -0.116. The Kier molecular flexibility index (Phi) is 8.28. The van der Waals surface area contributed by atoms with E-state index in [2.05, 4.69) is 25.3 Å². The van der Waals surface area contributed by atoms with E-state index in [1.807, 2.05) is 0 Å². The molecule has 8 nitrogen and oxygen atoms in total. The number of likely N-dealkylation sites (tertiary alicyclic amines) is 1. The largest absolute Gasteiger partial charge is 0.469 e. The average Bonchev–Trinajstić information content (AvgIpc) is 2.96. The normalized spacial score (nSPS) is 16.0. The lowest BCUT2D eigenvalue weighted by Crippen LogP contribution is -2.47. The number of aromatic nitrogens is 2. The molecule has 0 spiro atoms. The number of ether oxygens (including phenoxy) is 1. The first-order valence-electron chi connectivity index (χ1n) is 7.46. The second-order valence-corrected chi connectivity index (χ2v) is 5.24. The number of esters is 1. The average molecular weight is 437 g/mol. The zero-order chi connectivity index (χ0) is 15.9. The number of carbonyl (C=O) groups excluding carboxylic acids is 1. The number of hydrogen-bond donors (Lipinski definition) is 1. The van der Waals surface area contributed by atoms with E-state index < -0.39 is 0 Å². The number of rotatable bonds is 4. The second-order valence-electron chi connectivity index (χ2n) is 5.24. The Morgan fingerprint density at radius 1 is 1.48 bits per heavy atom. The molecule has 0 bridgehead atoms. The van der Waals surface area contributed by atoms with E-state index >= 15 is 0 Å². The molecular formula is C14H24IN5O3. The molecule has 1 fully saturated rings. The van der Waals surface area contributed by atoms with E-state index in [-0.39, 0.29) is 35.9 Å². The molecule has 2 rings (SSSR count). The number of piperidine rings is 1. The fraction of sp³-hybridized carbons (Fsp3) is 0.714. The van der Waals surface area contributed by atoms with E-state index in [0.717, 1.165) is 31.9 Å². The Morgan fingerprint density at radius 3 is 2.70 bits per heavy atom. The van der Waals surface area contributed by atoms with Gasteiger partial charge in [-0.25, -0.2) is 0 Å². The van der Waals surface area contributed by atoms with Crippen molar-refractivity contribution in [2.75, 3.05) is 33.8 Å². The summed E-state index contributed by atoms with van der Waals surface area (Å²) in [6.07, 6.45) is 2.23. The molecule has 0 aromatic carbocycles. The Balaban J connectivity index is 0.00000264. The van der Waals surface area contributed by atoms with Crippen LogP contribution in [-0.2, 0) is 16.0 Å². The number of carbonyl (C=O) groups is 1. The number of nitrogens with one attached hydrogen (secondary N) is 1. The fourth-order valence-corrected chi connectivity index (χ4v) is 2.55. The van der Waals surface area contributed by atoms with Gasteiger partial charge in [0.15, 0.2) is 11.8 Å². The van der Waals surface area contributed by atoms with Crippen LogP contribution in [0.3, 0.4) is 0 Å². The van der Waals surface area contributed by atoms with Gasteiger partial charge in [-0.15, -0.1) is 24.0 Å². The highest BCUT2D eigenvalue weighted by Crippen LogP contribution is 2.18. The Morgan fingerprint density at radius 2 is 2.17 bits per heavy atom. The molecule has 0 radical (unpaired) electrons. The lowest BCUT2D eigenvalue weighted by molar-refractivity contribution is -0.146. The number of halogens is 1. The predicted octanol–water partition coefficient (Wildman–Crippen LogP) is 0.999. The maximum Gasteiger partial charge on any atom is 0.308 e. The Labute approximate surface area is 153 Å². The van der Waals surface area contributed by atoms with Crippen molar-refractivity contribution in [2.45, 2.75) is 26.2 Å². The molecule has 1 aliphatic heterocycles. The number of nitrogens with zero attached hydrogens (tertiary/aromatic N) is 4. The van der Waals surface area contributed by atoms with Gasteiger partial charge in [0.1, 0.15) is 0 Å². The van der Waals surface area contributed by atoms with Gasteiger partial charge in [0.05, 0.1) is 13.0 Å². The molecule has 0 atom stereocenters. The van der Waals surface area contributed by atoms with Crippen LogP contribution < -0.4 is 5.32 Å². The summed E-state index contributed by atoms with van der Waals surface area (Å²) in [5, 5.41) is 7.05. The highest BCUT2D eigenvalue weighted by Gasteiger charge is 2.26. The first-order chi connectivity index (χ1) is 10.6. The van der Waals surface area contributed by atoms with Gasteiger partial charge >= 0.3 is 5.97 Å². The summed E-state index contributed by atoms with van der Waals surface area (Å²) in [6.45, 7) is 4.05. The van der Waals surface area contributed by atoms with Crippen LogP contribution in [-0.4, -0.2) is 60.8 Å². The van der Waals surface area contributed by atoms with Gasteiger partial charge < -0.3 is 19.5 Å². The van der Waals surface area contributed by atoms with Crippen molar-refractivity contribution in [1.29, 1.82) is 0 Å². The summed E-state index contributed by atoms with van der Waals surface area (Å²) < 4.78 is 9.87. The summed E-state index contributed by atoms with van der Waals surface area (Å²) in [7, 11) is 3.19. The lowest BCUT2D eigenvalue weighted by atomic mass is 9.97. The van der Waals surface area contributed by atoms with Crippen LogP contribution in [0.2, 0.25) is 0 Å². The molecule has 1 N–H and O–H groups in total. The maximum atomic E-state index is 11.5. The Hall–Kier alpha value is -1.39. The standard InChI is InChI=1S/C14H23N5O3.HI/c1-10-17-12(22-18-10)4-7-16-14(15-2)19-8-5-11(6-9-19)13(20)21-3;/h11H,4-9H2,1-3H3,(H,15,16);1H. The van der Waals surface area contributed by atoms with Crippen molar-refractivity contribution in [3.63, 3.8) is 0 Å². The number of aryl methyl sites for hydroxylation is 1. The van der Waals surface area contributed by atoms with Crippen LogP contribution in [0.5, 0.6) is 0 Å². The van der Waals surface area contributed by atoms with E-state index in [9.17, 15) is 4.79 Å². The van der Waals surface area contributed by atoms with Gasteiger partial charge in [0.2, 0.25) is 5.89 Å². The zero-order valence-electron chi connectivity index (χ0n) is 13.7. The van der Waals surface area contributed by atoms with Crippen molar-refractivity contribution in [2.24, 2.45) is 10.9 Å². The third kappa shape index (κ3) is 5.63. The predicted molar refractivity (Wildman–Crippen MR) is 95.8 cm³/mol. The molecular weight excluding hydrogens is 413 g/mol. The quantitative estimate of drug-likeness (QED) is 0.325. The van der Waals surface area contributed by atoms with Gasteiger partial charge in [-0.1, -0.05) is 5.16 Å². The Bertz CT molecular complexity index is 526. The van der Waals surface area contributed by atoms with Crippen LogP contribution in [0.1, 0.15) is 24.6 Å². The number of aliphatic imine (C=N–C) groups is 1. The lowest BCUT2D eigenvalue weighted by Gasteiger charge is -2.33. The van der Waals surface area contributed by atoms with Gasteiger partial charge in [-0.05, 0) is 19.8 Å². The molecule has 1 aromatic rings. The third-order valence-corrected chi connectivity index (χ3v) is 3.73. The van der Waals surface area contributed by atoms with Gasteiger partial charge in [-0.3, -0.25) is 9.79 Å². The molecule has 1 aliphatic rings. The summed E-state index contributed by atoms with van der Waals surface area (Å²) in [5.41, 5.74) is 0. The maximum absolute atomic E-state index is 11.5. The first-order valence-corrected chi connectivity index (χ1v) is 7.46. The molecule has 130 valence electrons. The number of methoxy groups -OCH3 is 1. The topological polar surface area (TPSA) is 92.9 Å². The smallest absolute Gasteiger partial charge is 0.308 e. The second kappa shape index (κ2) is 9.68. The molecule has 0 aliphatic carbocycles.